The van der Waals surface area contributed by atoms with Gasteiger partial charge in [0, 0.05) is 5.56 Å². The maximum Gasteiger partial charge on any atom is 0.149 e. The molecule has 0 aromatic carbocycles. The maximum atomic E-state index is 5.75. The molecule has 14 heavy (non-hydrogen) atoms. The predicted molar refractivity (Wildman–Crippen MR) is 59.0 cm³/mol. The van der Waals surface area contributed by atoms with Crippen molar-refractivity contribution in [2.24, 2.45) is 0 Å². The van der Waals surface area contributed by atoms with Gasteiger partial charge in [-0.2, -0.15) is 5.10 Å². The van der Waals surface area contributed by atoms with E-state index in [1.54, 1.807) is 6.20 Å². The van der Waals surface area contributed by atoms with Gasteiger partial charge < -0.3 is 5.73 Å². The molecule has 1 unspecified atom stereocenters. The summed E-state index contributed by atoms with van der Waals surface area (Å²) in [5.74, 6) is 1.08. The summed E-state index contributed by atoms with van der Waals surface area (Å²) >= 11 is 0. The average Bonchev–Trinajstić information content (AvgIpc) is 2.18. The highest BCUT2D eigenvalue weighted by molar-refractivity contribution is 5.39. The SMILES string of the molecule is CCCCCC(C)c1ccnnc1N. The van der Waals surface area contributed by atoms with E-state index >= 15 is 0 Å². The molecule has 3 heteroatoms. The molecule has 0 amide bonds. The van der Waals surface area contributed by atoms with Crippen LogP contribution in [0.1, 0.15) is 51.0 Å². The van der Waals surface area contributed by atoms with Crippen LogP contribution >= 0.6 is 0 Å². The van der Waals surface area contributed by atoms with Crippen molar-refractivity contribution in [2.45, 2.75) is 45.4 Å². The van der Waals surface area contributed by atoms with E-state index in [9.17, 15) is 0 Å². The van der Waals surface area contributed by atoms with Gasteiger partial charge in [0.1, 0.15) is 5.82 Å². The number of nitrogens with two attached hydrogens (primary N) is 1. The van der Waals surface area contributed by atoms with E-state index in [1.807, 2.05) is 6.07 Å². The van der Waals surface area contributed by atoms with Gasteiger partial charge in [-0.3, -0.25) is 0 Å². The Morgan fingerprint density at radius 1 is 1.43 bits per heavy atom. The fourth-order valence-electron chi connectivity index (χ4n) is 1.63. The third-order valence-electron chi connectivity index (χ3n) is 2.55. The third kappa shape index (κ3) is 2.98. The molecule has 0 saturated carbocycles. The highest BCUT2D eigenvalue weighted by atomic mass is 15.1. The maximum absolute atomic E-state index is 5.75. The summed E-state index contributed by atoms with van der Waals surface area (Å²) in [6.45, 7) is 4.41. The van der Waals surface area contributed by atoms with Crippen LogP contribution < -0.4 is 5.73 Å². The summed E-state index contributed by atoms with van der Waals surface area (Å²) in [4.78, 5) is 0. The number of rotatable bonds is 5. The van der Waals surface area contributed by atoms with Gasteiger partial charge in [-0.1, -0.05) is 33.1 Å². The Kier molecular flexibility index (Phi) is 4.36. The fourth-order valence-corrected chi connectivity index (χ4v) is 1.63. The van der Waals surface area contributed by atoms with E-state index < -0.39 is 0 Å². The fraction of sp³-hybridized carbons (Fsp3) is 0.636. The van der Waals surface area contributed by atoms with Crippen LogP contribution in [0.25, 0.3) is 0 Å². The predicted octanol–water partition coefficient (Wildman–Crippen LogP) is 2.74. The minimum absolute atomic E-state index is 0.497. The van der Waals surface area contributed by atoms with Crippen LogP contribution in [0.4, 0.5) is 5.82 Å². The molecule has 1 atom stereocenters. The molecular formula is C11H19N3. The number of aromatic nitrogens is 2. The first-order chi connectivity index (χ1) is 6.75. The van der Waals surface area contributed by atoms with Gasteiger partial charge in [0.15, 0.2) is 0 Å². The lowest BCUT2D eigenvalue weighted by atomic mass is 9.96. The zero-order valence-corrected chi connectivity index (χ0v) is 9.03. The van der Waals surface area contributed by atoms with Crippen LogP contribution in [0, 0.1) is 0 Å². The van der Waals surface area contributed by atoms with E-state index in [0.717, 1.165) is 5.56 Å². The molecule has 1 heterocycles. The van der Waals surface area contributed by atoms with Gasteiger partial charge in [-0.15, -0.1) is 5.10 Å². The van der Waals surface area contributed by atoms with Crippen molar-refractivity contribution in [3.05, 3.63) is 17.8 Å². The Morgan fingerprint density at radius 2 is 2.21 bits per heavy atom. The van der Waals surface area contributed by atoms with E-state index in [-0.39, 0.29) is 0 Å². The monoisotopic (exact) mass is 193 g/mol. The third-order valence-corrected chi connectivity index (χ3v) is 2.55. The number of anilines is 1. The molecule has 2 N–H and O–H groups in total. The normalized spacial score (nSPS) is 12.7. The summed E-state index contributed by atoms with van der Waals surface area (Å²) in [5.41, 5.74) is 6.89. The molecule has 0 fully saturated rings. The van der Waals surface area contributed by atoms with Crippen LogP contribution in [0.3, 0.4) is 0 Å². The Hall–Kier alpha value is -1.12. The van der Waals surface area contributed by atoms with Crippen molar-refractivity contribution >= 4 is 5.82 Å². The van der Waals surface area contributed by atoms with Gasteiger partial charge >= 0.3 is 0 Å². The number of nitrogen functional groups attached to an aromatic ring is 1. The number of hydrogen-bond acceptors (Lipinski definition) is 3. The van der Waals surface area contributed by atoms with Crippen molar-refractivity contribution < 1.29 is 0 Å². The molecule has 0 saturated heterocycles. The van der Waals surface area contributed by atoms with Crippen molar-refractivity contribution in [2.75, 3.05) is 5.73 Å². The molecular weight excluding hydrogens is 174 g/mol. The first-order valence-corrected chi connectivity index (χ1v) is 5.32. The molecule has 1 aromatic heterocycles. The minimum Gasteiger partial charge on any atom is -0.382 e. The molecule has 1 aromatic rings. The summed E-state index contributed by atoms with van der Waals surface area (Å²) in [7, 11) is 0. The first kappa shape index (κ1) is 11.0. The largest absolute Gasteiger partial charge is 0.382 e. The molecule has 3 nitrogen and oxygen atoms in total. The summed E-state index contributed by atoms with van der Waals surface area (Å²) < 4.78 is 0. The van der Waals surface area contributed by atoms with E-state index in [1.165, 1.54) is 25.7 Å². The van der Waals surface area contributed by atoms with Crippen LogP contribution in [-0.4, -0.2) is 10.2 Å². The van der Waals surface area contributed by atoms with E-state index in [4.69, 9.17) is 5.73 Å². The summed E-state index contributed by atoms with van der Waals surface area (Å²) in [6.07, 6.45) is 6.71. The second-order valence-electron chi connectivity index (χ2n) is 3.77. The van der Waals surface area contributed by atoms with Gasteiger partial charge in [-0.25, -0.2) is 0 Å². The number of unbranched alkanes of at least 4 members (excludes halogenated alkanes) is 2. The van der Waals surface area contributed by atoms with Crippen LogP contribution in [0.5, 0.6) is 0 Å². The van der Waals surface area contributed by atoms with E-state index in [0.29, 0.717) is 11.7 Å². The topological polar surface area (TPSA) is 51.8 Å². The Balaban J connectivity index is 2.51. The van der Waals surface area contributed by atoms with Crippen molar-refractivity contribution in [1.29, 1.82) is 0 Å². The van der Waals surface area contributed by atoms with Gasteiger partial charge in [0.05, 0.1) is 6.20 Å². The van der Waals surface area contributed by atoms with Crippen LogP contribution in [0.15, 0.2) is 12.3 Å². The molecule has 0 aliphatic rings. The zero-order chi connectivity index (χ0) is 10.4. The second-order valence-corrected chi connectivity index (χ2v) is 3.77. The summed E-state index contributed by atoms with van der Waals surface area (Å²) in [6, 6.07) is 1.97. The van der Waals surface area contributed by atoms with Crippen LogP contribution in [-0.2, 0) is 0 Å². The highest BCUT2D eigenvalue weighted by Gasteiger charge is 2.08. The zero-order valence-electron chi connectivity index (χ0n) is 9.03. The smallest absolute Gasteiger partial charge is 0.149 e. The van der Waals surface area contributed by atoms with Crippen LogP contribution in [0.2, 0.25) is 0 Å². The van der Waals surface area contributed by atoms with E-state index in [2.05, 4.69) is 24.0 Å². The Morgan fingerprint density at radius 3 is 2.86 bits per heavy atom. The van der Waals surface area contributed by atoms with Crippen molar-refractivity contribution in [1.82, 2.24) is 10.2 Å². The molecule has 0 spiro atoms. The molecule has 0 aliphatic carbocycles. The number of nitrogens with zero attached hydrogens (tertiary/aromatic N) is 2. The molecule has 78 valence electrons. The van der Waals surface area contributed by atoms with Gasteiger partial charge in [-0.05, 0) is 18.4 Å². The lowest BCUT2D eigenvalue weighted by Crippen LogP contribution is -2.02. The molecule has 0 radical (unpaired) electrons. The van der Waals surface area contributed by atoms with Gasteiger partial charge in [0.2, 0.25) is 0 Å². The standard InChI is InChI=1S/C11H19N3/c1-3-4-5-6-9(2)10-7-8-13-14-11(10)12/h7-9H,3-6H2,1-2H3,(H2,12,14). The lowest BCUT2D eigenvalue weighted by Gasteiger charge is -2.12. The molecule has 1 rings (SSSR count). The first-order valence-electron chi connectivity index (χ1n) is 5.32. The second kappa shape index (κ2) is 5.58. The minimum atomic E-state index is 0.497. The van der Waals surface area contributed by atoms with Crippen molar-refractivity contribution in [3.63, 3.8) is 0 Å². The lowest BCUT2D eigenvalue weighted by molar-refractivity contribution is 0.597. The number of hydrogen-bond donors (Lipinski definition) is 1. The molecule has 0 bridgehead atoms. The van der Waals surface area contributed by atoms with Gasteiger partial charge in [0.25, 0.3) is 0 Å². The molecule has 0 aliphatic heterocycles. The Labute approximate surface area is 85.7 Å². The quantitative estimate of drug-likeness (QED) is 0.731. The summed E-state index contributed by atoms with van der Waals surface area (Å²) in [5, 5.41) is 7.60. The van der Waals surface area contributed by atoms with Crippen molar-refractivity contribution in [3.8, 4) is 0 Å². The average molecular weight is 193 g/mol. The highest BCUT2D eigenvalue weighted by Crippen LogP contribution is 2.24. The Bertz CT molecular complexity index is 273.